The molecule has 146 valence electrons. The van der Waals surface area contributed by atoms with Crippen LogP contribution in [-0.2, 0) is 6.61 Å². The number of halogens is 3. The highest BCUT2D eigenvalue weighted by Gasteiger charge is 2.23. The fraction of sp³-hybridized carbons (Fsp3) is 0.318. The number of oxazole rings is 1. The van der Waals surface area contributed by atoms with Crippen LogP contribution in [-0.4, -0.2) is 4.98 Å². The van der Waals surface area contributed by atoms with E-state index in [1.54, 1.807) is 0 Å². The van der Waals surface area contributed by atoms with Gasteiger partial charge in [0.2, 0.25) is 0 Å². The van der Waals surface area contributed by atoms with Gasteiger partial charge in [0.1, 0.15) is 30.2 Å². The fourth-order valence-corrected chi connectivity index (χ4v) is 3.65. The summed E-state index contributed by atoms with van der Waals surface area (Å²) in [4.78, 5) is 4.43. The average Bonchev–Trinajstić information content (AvgIpc) is 3.36. The van der Waals surface area contributed by atoms with Gasteiger partial charge in [0.15, 0.2) is 17.5 Å². The maximum absolute atomic E-state index is 14.6. The van der Waals surface area contributed by atoms with E-state index in [1.807, 2.05) is 0 Å². The van der Waals surface area contributed by atoms with Crippen molar-refractivity contribution in [3.05, 3.63) is 71.2 Å². The van der Waals surface area contributed by atoms with Gasteiger partial charge in [0.25, 0.3) is 0 Å². The Morgan fingerprint density at radius 3 is 2.64 bits per heavy atom. The first-order valence-electron chi connectivity index (χ1n) is 9.35. The zero-order chi connectivity index (χ0) is 19.7. The SMILES string of the molecule is Cc1ccc(F)c(-c2cccc(F)c2OCc2coc(C3CCCC3)n2)c1F. The van der Waals surface area contributed by atoms with Crippen LogP contribution < -0.4 is 4.74 Å². The van der Waals surface area contributed by atoms with Crippen molar-refractivity contribution in [1.29, 1.82) is 0 Å². The van der Waals surface area contributed by atoms with E-state index in [1.165, 1.54) is 37.5 Å². The Balaban J connectivity index is 1.62. The lowest BCUT2D eigenvalue weighted by atomic mass is 10.0. The Morgan fingerprint density at radius 1 is 1.07 bits per heavy atom. The van der Waals surface area contributed by atoms with E-state index in [0.717, 1.165) is 31.7 Å². The van der Waals surface area contributed by atoms with Crippen LogP contribution in [0.25, 0.3) is 11.1 Å². The van der Waals surface area contributed by atoms with Crippen molar-refractivity contribution < 1.29 is 22.3 Å². The van der Waals surface area contributed by atoms with Crippen LogP contribution in [0.2, 0.25) is 0 Å². The summed E-state index contributed by atoms with van der Waals surface area (Å²) in [5.74, 6) is -1.44. The molecule has 3 nitrogen and oxygen atoms in total. The van der Waals surface area contributed by atoms with Crippen molar-refractivity contribution >= 4 is 0 Å². The number of hydrogen-bond acceptors (Lipinski definition) is 3. The molecule has 0 N–H and O–H groups in total. The molecule has 1 heterocycles. The highest BCUT2D eigenvalue weighted by Crippen LogP contribution is 2.37. The lowest BCUT2D eigenvalue weighted by Crippen LogP contribution is -2.02. The average molecular weight is 387 g/mol. The Labute approximate surface area is 161 Å². The number of aryl methyl sites for hydroxylation is 1. The molecule has 0 saturated heterocycles. The number of rotatable bonds is 5. The molecular formula is C22H20F3NO2. The first-order valence-corrected chi connectivity index (χ1v) is 9.35. The highest BCUT2D eigenvalue weighted by molar-refractivity contribution is 5.72. The predicted molar refractivity (Wildman–Crippen MR) is 98.5 cm³/mol. The number of nitrogens with zero attached hydrogens (tertiary/aromatic N) is 1. The molecule has 1 saturated carbocycles. The Kier molecular flexibility index (Phi) is 5.11. The first kappa shape index (κ1) is 18.6. The molecule has 1 aliphatic carbocycles. The van der Waals surface area contributed by atoms with Gasteiger partial charge in [0.05, 0.1) is 5.56 Å². The third-order valence-electron chi connectivity index (χ3n) is 5.16. The summed E-state index contributed by atoms with van der Waals surface area (Å²) < 4.78 is 54.4. The van der Waals surface area contributed by atoms with Gasteiger partial charge in [-0.25, -0.2) is 18.2 Å². The van der Waals surface area contributed by atoms with Crippen LogP contribution in [0.5, 0.6) is 5.75 Å². The maximum atomic E-state index is 14.6. The first-order chi connectivity index (χ1) is 13.5. The van der Waals surface area contributed by atoms with E-state index in [2.05, 4.69) is 4.98 Å². The molecule has 0 amide bonds. The smallest absolute Gasteiger partial charge is 0.197 e. The zero-order valence-electron chi connectivity index (χ0n) is 15.5. The van der Waals surface area contributed by atoms with Gasteiger partial charge in [-0.05, 0) is 37.5 Å². The number of para-hydroxylation sites is 1. The molecule has 0 bridgehead atoms. The van der Waals surface area contributed by atoms with E-state index in [4.69, 9.17) is 9.15 Å². The summed E-state index contributed by atoms with van der Waals surface area (Å²) in [6, 6.07) is 6.53. The molecule has 0 atom stereocenters. The monoisotopic (exact) mass is 387 g/mol. The van der Waals surface area contributed by atoms with Crippen LogP contribution in [0.4, 0.5) is 13.2 Å². The molecule has 1 aromatic heterocycles. The van der Waals surface area contributed by atoms with Crippen molar-refractivity contribution in [3.63, 3.8) is 0 Å². The molecule has 0 spiro atoms. The molecule has 0 radical (unpaired) electrons. The lowest BCUT2D eigenvalue weighted by molar-refractivity contribution is 0.287. The van der Waals surface area contributed by atoms with E-state index in [-0.39, 0.29) is 29.0 Å². The van der Waals surface area contributed by atoms with Gasteiger partial charge in [-0.15, -0.1) is 0 Å². The summed E-state index contributed by atoms with van der Waals surface area (Å²) in [5, 5.41) is 0. The summed E-state index contributed by atoms with van der Waals surface area (Å²) in [5.41, 5.74) is 0.505. The zero-order valence-corrected chi connectivity index (χ0v) is 15.5. The molecular weight excluding hydrogens is 367 g/mol. The molecule has 4 rings (SSSR count). The summed E-state index contributed by atoms with van der Waals surface area (Å²) >= 11 is 0. The quantitative estimate of drug-likeness (QED) is 0.515. The molecule has 0 aliphatic heterocycles. The summed E-state index contributed by atoms with van der Waals surface area (Å²) in [6.45, 7) is 1.47. The van der Waals surface area contributed by atoms with Crippen LogP contribution in [0.3, 0.4) is 0 Å². The van der Waals surface area contributed by atoms with Gasteiger partial charge >= 0.3 is 0 Å². The maximum Gasteiger partial charge on any atom is 0.197 e. The topological polar surface area (TPSA) is 35.3 Å². The summed E-state index contributed by atoms with van der Waals surface area (Å²) in [6.07, 6.45) is 5.90. The third-order valence-corrected chi connectivity index (χ3v) is 5.16. The molecule has 1 aliphatic rings. The minimum Gasteiger partial charge on any atom is -0.483 e. The molecule has 28 heavy (non-hydrogen) atoms. The van der Waals surface area contributed by atoms with E-state index < -0.39 is 17.5 Å². The molecule has 2 aromatic carbocycles. The lowest BCUT2D eigenvalue weighted by Gasteiger charge is -2.14. The van der Waals surface area contributed by atoms with E-state index in [9.17, 15) is 13.2 Å². The van der Waals surface area contributed by atoms with Gasteiger partial charge < -0.3 is 9.15 Å². The second-order valence-electron chi connectivity index (χ2n) is 7.12. The largest absolute Gasteiger partial charge is 0.483 e. The minimum atomic E-state index is -0.775. The summed E-state index contributed by atoms with van der Waals surface area (Å²) in [7, 11) is 0. The number of ether oxygens (including phenoxy) is 1. The number of aromatic nitrogens is 1. The van der Waals surface area contributed by atoms with Crippen molar-refractivity contribution in [2.75, 3.05) is 0 Å². The van der Waals surface area contributed by atoms with Crippen molar-refractivity contribution in [3.8, 4) is 16.9 Å². The van der Waals surface area contributed by atoms with Crippen molar-refractivity contribution in [2.45, 2.75) is 45.1 Å². The molecule has 0 unspecified atom stereocenters. The Hall–Kier alpha value is -2.76. The predicted octanol–water partition coefficient (Wildman–Crippen LogP) is 6.30. The van der Waals surface area contributed by atoms with Crippen molar-refractivity contribution in [2.24, 2.45) is 0 Å². The Morgan fingerprint density at radius 2 is 1.86 bits per heavy atom. The molecule has 1 fully saturated rings. The highest BCUT2D eigenvalue weighted by atomic mass is 19.1. The normalized spacial score (nSPS) is 14.6. The van der Waals surface area contributed by atoms with Crippen LogP contribution in [0, 0.1) is 24.4 Å². The van der Waals surface area contributed by atoms with Crippen LogP contribution >= 0.6 is 0 Å². The molecule has 3 aromatic rings. The van der Waals surface area contributed by atoms with Gasteiger partial charge in [-0.2, -0.15) is 0 Å². The second kappa shape index (κ2) is 7.70. The minimum absolute atomic E-state index is 0.0261. The van der Waals surface area contributed by atoms with Crippen LogP contribution in [0.15, 0.2) is 41.0 Å². The Bertz CT molecular complexity index is 993. The van der Waals surface area contributed by atoms with E-state index >= 15 is 0 Å². The van der Waals surface area contributed by atoms with Gasteiger partial charge in [0, 0.05) is 11.5 Å². The standard InChI is InChI=1S/C22H20F3NO2/c1-13-9-10-17(23)19(20(13)25)16-7-4-8-18(24)21(16)27-11-15-12-28-22(26-15)14-5-2-3-6-14/h4,7-10,12,14H,2-3,5-6,11H2,1H3. The fourth-order valence-electron chi connectivity index (χ4n) is 3.65. The second-order valence-corrected chi connectivity index (χ2v) is 7.12. The van der Waals surface area contributed by atoms with E-state index in [0.29, 0.717) is 17.5 Å². The molecule has 6 heteroatoms. The van der Waals surface area contributed by atoms with Crippen LogP contribution in [0.1, 0.15) is 48.7 Å². The van der Waals surface area contributed by atoms with Crippen molar-refractivity contribution in [1.82, 2.24) is 4.98 Å². The number of hydrogen-bond donors (Lipinski definition) is 0. The van der Waals surface area contributed by atoms with Gasteiger partial charge in [-0.3, -0.25) is 0 Å². The third kappa shape index (κ3) is 3.51. The van der Waals surface area contributed by atoms with Gasteiger partial charge in [-0.1, -0.05) is 31.0 Å². The number of benzene rings is 2.